The Kier molecular flexibility index (Phi) is 7.45. The van der Waals surface area contributed by atoms with Crippen LogP contribution in [-0.2, 0) is 0 Å². The number of piperidine rings is 1. The Morgan fingerprint density at radius 1 is 0.971 bits per heavy atom. The second kappa shape index (κ2) is 10.7. The SMILES string of the molecule is CC1CCN(c2ccc(NC(=O)c3cccc([N+](=O)[O-])c3)cc2C(=O)NC2CCCCC2)CC1. The number of anilines is 2. The zero-order chi connectivity index (χ0) is 24.1. The number of carbonyl (C=O) groups excluding carboxylic acids is 2. The van der Waals surface area contributed by atoms with Crippen molar-refractivity contribution in [3.8, 4) is 0 Å². The van der Waals surface area contributed by atoms with Crippen molar-refractivity contribution < 1.29 is 14.5 Å². The molecule has 0 aromatic heterocycles. The molecule has 0 unspecified atom stereocenters. The first kappa shape index (κ1) is 23.7. The second-order valence-corrected chi connectivity index (χ2v) is 9.47. The Morgan fingerprint density at radius 2 is 1.71 bits per heavy atom. The zero-order valence-corrected chi connectivity index (χ0v) is 19.6. The maximum absolute atomic E-state index is 13.3. The fraction of sp³-hybridized carbons (Fsp3) is 0.462. The van der Waals surface area contributed by atoms with Gasteiger partial charge < -0.3 is 15.5 Å². The summed E-state index contributed by atoms with van der Waals surface area (Å²) < 4.78 is 0. The van der Waals surface area contributed by atoms with Gasteiger partial charge in [0.15, 0.2) is 0 Å². The molecule has 2 amide bonds. The van der Waals surface area contributed by atoms with E-state index in [-0.39, 0.29) is 23.2 Å². The third-order valence-corrected chi connectivity index (χ3v) is 6.88. The fourth-order valence-corrected chi connectivity index (χ4v) is 4.79. The molecule has 0 radical (unpaired) electrons. The van der Waals surface area contributed by atoms with Crippen LogP contribution in [-0.4, -0.2) is 35.9 Å². The lowest BCUT2D eigenvalue weighted by Gasteiger charge is -2.34. The van der Waals surface area contributed by atoms with E-state index in [1.165, 1.54) is 30.7 Å². The van der Waals surface area contributed by atoms with E-state index in [1.807, 2.05) is 6.07 Å². The smallest absolute Gasteiger partial charge is 0.270 e. The van der Waals surface area contributed by atoms with Crippen molar-refractivity contribution in [3.63, 3.8) is 0 Å². The number of benzene rings is 2. The van der Waals surface area contributed by atoms with E-state index in [0.29, 0.717) is 17.2 Å². The molecule has 0 atom stereocenters. The Labute approximate surface area is 199 Å². The molecule has 0 bridgehead atoms. The Bertz CT molecular complexity index is 1060. The van der Waals surface area contributed by atoms with Crippen LogP contribution in [0.2, 0.25) is 0 Å². The standard InChI is InChI=1S/C26H32N4O4/c1-18-12-14-29(15-13-18)24-11-10-21(17-23(24)26(32)27-20-7-3-2-4-8-20)28-25(31)19-6-5-9-22(16-19)30(33)34/h5-6,9-11,16-18,20H,2-4,7-8,12-15H2,1H3,(H,27,32)(H,28,31). The molecule has 34 heavy (non-hydrogen) atoms. The highest BCUT2D eigenvalue weighted by Gasteiger charge is 2.24. The van der Waals surface area contributed by atoms with Crippen molar-refractivity contribution in [2.75, 3.05) is 23.3 Å². The summed E-state index contributed by atoms with van der Waals surface area (Å²) >= 11 is 0. The highest BCUT2D eigenvalue weighted by molar-refractivity contribution is 6.06. The molecule has 8 nitrogen and oxygen atoms in total. The first-order valence-electron chi connectivity index (χ1n) is 12.2. The van der Waals surface area contributed by atoms with E-state index >= 15 is 0 Å². The maximum atomic E-state index is 13.3. The number of nitro groups is 1. The highest BCUT2D eigenvalue weighted by Crippen LogP contribution is 2.30. The van der Waals surface area contributed by atoms with E-state index in [0.717, 1.165) is 57.3 Å². The van der Waals surface area contributed by atoms with E-state index in [2.05, 4.69) is 22.5 Å². The predicted octanol–water partition coefficient (Wildman–Crippen LogP) is 5.15. The summed E-state index contributed by atoms with van der Waals surface area (Å²) in [6, 6.07) is 11.2. The van der Waals surface area contributed by atoms with Crippen molar-refractivity contribution in [2.24, 2.45) is 5.92 Å². The summed E-state index contributed by atoms with van der Waals surface area (Å²) in [7, 11) is 0. The third-order valence-electron chi connectivity index (χ3n) is 6.88. The van der Waals surface area contributed by atoms with Crippen LogP contribution >= 0.6 is 0 Å². The molecule has 0 spiro atoms. The van der Waals surface area contributed by atoms with Gasteiger partial charge in [0.05, 0.1) is 10.5 Å². The van der Waals surface area contributed by atoms with Gasteiger partial charge in [0.2, 0.25) is 0 Å². The molecule has 1 saturated carbocycles. The van der Waals surface area contributed by atoms with Crippen LogP contribution in [0, 0.1) is 16.0 Å². The summed E-state index contributed by atoms with van der Waals surface area (Å²) in [6.45, 7) is 4.04. The minimum atomic E-state index is -0.529. The number of amides is 2. The van der Waals surface area contributed by atoms with Crippen molar-refractivity contribution >= 4 is 28.9 Å². The first-order chi connectivity index (χ1) is 16.4. The molecule has 1 saturated heterocycles. The van der Waals surface area contributed by atoms with Gasteiger partial charge in [-0.15, -0.1) is 0 Å². The lowest BCUT2D eigenvalue weighted by atomic mass is 9.95. The number of rotatable bonds is 6. The topological polar surface area (TPSA) is 105 Å². The Morgan fingerprint density at radius 3 is 2.41 bits per heavy atom. The normalized spacial score (nSPS) is 17.3. The van der Waals surface area contributed by atoms with Gasteiger partial charge in [0.25, 0.3) is 17.5 Å². The summed E-state index contributed by atoms with van der Waals surface area (Å²) in [5.74, 6) is 0.0955. The molecule has 2 aliphatic rings. The largest absolute Gasteiger partial charge is 0.371 e. The summed E-state index contributed by atoms with van der Waals surface area (Å²) in [6.07, 6.45) is 7.60. The number of carbonyl (C=O) groups is 2. The van der Waals surface area contributed by atoms with Gasteiger partial charge in [0, 0.05) is 48.2 Å². The van der Waals surface area contributed by atoms with Gasteiger partial charge in [-0.25, -0.2) is 0 Å². The van der Waals surface area contributed by atoms with Gasteiger partial charge >= 0.3 is 0 Å². The van der Waals surface area contributed by atoms with Crippen LogP contribution in [0.3, 0.4) is 0 Å². The van der Waals surface area contributed by atoms with Crippen LogP contribution < -0.4 is 15.5 Å². The van der Waals surface area contributed by atoms with Gasteiger partial charge in [-0.05, 0) is 55.9 Å². The molecule has 8 heteroatoms. The van der Waals surface area contributed by atoms with Gasteiger partial charge in [-0.3, -0.25) is 19.7 Å². The minimum absolute atomic E-state index is 0.119. The average Bonchev–Trinajstić information content (AvgIpc) is 2.85. The maximum Gasteiger partial charge on any atom is 0.270 e. The second-order valence-electron chi connectivity index (χ2n) is 9.47. The molecule has 4 rings (SSSR count). The van der Waals surface area contributed by atoms with Gasteiger partial charge in [-0.2, -0.15) is 0 Å². The first-order valence-corrected chi connectivity index (χ1v) is 12.2. The lowest BCUT2D eigenvalue weighted by molar-refractivity contribution is -0.384. The molecule has 180 valence electrons. The number of nitrogens with one attached hydrogen (secondary N) is 2. The number of nitro benzene ring substituents is 1. The molecule has 1 aliphatic heterocycles. The average molecular weight is 465 g/mol. The molecule has 2 aromatic carbocycles. The van der Waals surface area contributed by atoms with Crippen molar-refractivity contribution in [2.45, 2.75) is 57.9 Å². The van der Waals surface area contributed by atoms with E-state index in [9.17, 15) is 19.7 Å². The molecule has 2 aromatic rings. The van der Waals surface area contributed by atoms with Crippen molar-refractivity contribution in [1.29, 1.82) is 0 Å². The molecule has 2 fully saturated rings. The van der Waals surface area contributed by atoms with Crippen molar-refractivity contribution in [3.05, 3.63) is 63.7 Å². The third kappa shape index (κ3) is 5.73. The molecule has 1 aliphatic carbocycles. The molecule has 2 N–H and O–H groups in total. The van der Waals surface area contributed by atoms with Crippen LogP contribution in [0.1, 0.15) is 72.6 Å². The fourth-order valence-electron chi connectivity index (χ4n) is 4.79. The Balaban J connectivity index is 1.57. The van der Waals surface area contributed by atoms with Crippen molar-refractivity contribution in [1.82, 2.24) is 5.32 Å². The predicted molar refractivity (Wildman–Crippen MR) is 132 cm³/mol. The van der Waals surface area contributed by atoms with Crippen LogP contribution in [0.25, 0.3) is 0 Å². The van der Waals surface area contributed by atoms with E-state index in [4.69, 9.17) is 0 Å². The minimum Gasteiger partial charge on any atom is -0.371 e. The highest BCUT2D eigenvalue weighted by atomic mass is 16.6. The van der Waals surface area contributed by atoms with E-state index in [1.54, 1.807) is 12.1 Å². The van der Waals surface area contributed by atoms with Crippen LogP contribution in [0.5, 0.6) is 0 Å². The van der Waals surface area contributed by atoms with Gasteiger partial charge in [0.1, 0.15) is 0 Å². The monoisotopic (exact) mass is 464 g/mol. The number of hydrogen-bond acceptors (Lipinski definition) is 5. The summed E-state index contributed by atoms with van der Waals surface area (Å²) in [5, 5.41) is 17.1. The summed E-state index contributed by atoms with van der Waals surface area (Å²) in [5.41, 5.74) is 1.97. The number of non-ortho nitro benzene ring substituents is 1. The Hall–Kier alpha value is -3.42. The zero-order valence-electron chi connectivity index (χ0n) is 19.6. The lowest BCUT2D eigenvalue weighted by Crippen LogP contribution is -2.38. The van der Waals surface area contributed by atoms with Crippen LogP contribution in [0.4, 0.5) is 17.1 Å². The van der Waals surface area contributed by atoms with E-state index < -0.39 is 10.8 Å². The molecular formula is C26H32N4O4. The molecular weight excluding hydrogens is 432 g/mol. The van der Waals surface area contributed by atoms with Crippen LogP contribution in [0.15, 0.2) is 42.5 Å². The van der Waals surface area contributed by atoms with Gasteiger partial charge in [-0.1, -0.05) is 32.3 Å². The molecule has 1 heterocycles. The number of nitrogens with zero attached hydrogens (tertiary/aromatic N) is 2. The summed E-state index contributed by atoms with van der Waals surface area (Å²) in [4.78, 5) is 38.9. The number of hydrogen-bond donors (Lipinski definition) is 2. The quantitative estimate of drug-likeness (QED) is 0.455.